The summed E-state index contributed by atoms with van der Waals surface area (Å²) in [5, 5.41) is 3.40. The van der Waals surface area contributed by atoms with Crippen LogP contribution in [0.3, 0.4) is 0 Å². The molecule has 0 saturated carbocycles. The second kappa shape index (κ2) is 6.34. The van der Waals surface area contributed by atoms with Gasteiger partial charge in [0, 0.05) is 3.57 Å². The topological polar surface area (TPSA) is 12.0 Å². The summed E-state index contributed by atoms with van der Waals surface area (Å²) in [7, 11) is 2.01. The minimum Gasteiger partial charge on any atom is -0.309 e. The Morgan fingerprint density at radius 1 is 1.06 bits per heavy atom. The third-order valence-corrected chi connectivity index (χ3v) is 3.86. The number of aryl methyl sites for hydroxylation is 1. The molecule has 2 aromatic carbocycles. The van der Waals surface area contributed by atoms with Crippen molar-refractivity contribution in [2.45, 2.75) is 19.4 Å². The van der Waals surface area contributed by atoms with Gasteiger partial charge in [0.1, 0.15) is 0 Å². The Balaban J connectivity index is 2.32. The third kappa shape index (κ3) is 3.12. The van der Waals surface area contributed by atoms with Crippen LogP contribution in [0.25, 0.3) is 0 Å². The first-order valence-electron chi connectivity index (χ1n) is 6.26. The Morgan fingerprint density at radius 3 is 2.33 bits per heavy atom. The van der Waals surface area contributed by atoms with Crippen LogP contribution in [0.4, 0.5) is 0 Å². The number of nitrogens with one attached hydrogen (secondary N) is 1. The van der Waals surface area contributed by atoms with Crippen molar-refractivity contribution >= 4 is 22.6 Å². The Bertz CT molecular complexity index is 505. The van der Waals surface area contributed by atoms with Crippen LogP contribution in [0, 0.1) is 3.57 Å². The third-order valence-electron chi connectivity index (χ3n) is 3.19. The molecule has 0 fully saturated rings. The van der Waals surface area contributed by atoms with E-state index < -0.39 is 0 Å². The fraction of sp³-hybridized carbons (Fsp3) is 0.250. The number of hydrogen-bond donors (Lipinski definition) is 1. The van der Waals surface area contributed by atoms with Gasteiger partial charge in [0.05, 0.1) is 6.04 Å². The normalized spacial score (nSPS) is 12.4. The first-order valence-corrected chi connectivity index (χ1v) is 7.34. The van der Waals surface area contributed by atoms with Gasteiger partial charge in [-0.1, -0.05) is 43.3 Å². The second-order valence-electron chi connectivity index (χ2n) is 4.37. The fourth-order valence-corrected chi connectivity index (χ4v) is 2.72. The molecule has 0 spiro atoms. The molecule has 1 nitrogen and oxygen atoms in total. The molecule has 94 valence electrons. The predicted octanol–water partition coefficient (Wildman–Crippen LogP) is 4.16. The van der Waals surface area contributed by atoms with E-state index in [4.69, 9.17) is 0 Å². The summed E-state index contributed by atoms with van der Waals surface area (Å²) in [5.74, 6) is 0. The molecule has 0 saturated heterocycles. The largest absolute Gasteiger partial charge is 0.309 e. The standard InChI is InChI=1S/C16H18IN/c1-3-12-7-9-13(10-8-12)16(18-2)14-5-4-6-15(17)11-14/h4-11,16,18H,3H2,1-2H3. The van der Waals surface area contributed by atoms with Crippen molar-refractivity contribution in [2.24, 2.45) is 0 Å². The van der Waals surface area contributed by atoms with Crippen LogP contribution < -0.4 is 5.32 Å². The Labute approximate surface area is 123 Å². The van der Waals surface area contributed by atoms with Crippen molar-refractivity contribution < 1.29 is 0 Å². The Kier molecular flexibility index (Phi) is 4.78. The van der Waals surface area contributed by atoms with Crippen molar-refractivity contribution in [2.75, 3.05) is 7.05 Å². The van der Waals surface area contributed by atoms with E-state index in [1.54, 1.807) is 0 Å². The molecule has 0 aliphatic carbocycles. The van der Waals surface area contributed by atoms with Crippen molar-refractivity contribution in [3.05, 3.63) is 68.8 Å². The van der Waals surface area contributed by atoms with Gasteiger partial charge >= 0.3 is 0 Å². The van der Waals surface area contributed by atoms with Gasteiger partial charge < -0.3 is 5.32 Å². The van der Waals surface area contributed by atoms with Crippen LogP contribution in [0.5, 0.6) is 0 Å². The average Bonchev–Trinajstić information content (AvgIpc) is 2.40. The lowest BCUT2D eigenvalue weighted by atomic mass is 9.97. The summed E-state index contributed by atoms with van der Waals surface area (Å²) < 4.78 is 1.27. The summed E-state index contributed by atoms with van der Waals surface area (Å²) in [5.41, 5.74) is 4.02. The van der Waals surface area contributed by atoms with Crippen molar-refractivity contribution in [1.82, 2.24) is 5.32 Å². The number of benzene rings is 2. The molecule has 2 rings (SSSR count). The van der Waals surface area contributed by atoms with E-state index in [2.05, 4.69) is 83.4 Å². The minimum atomic E-state index is 0.269. The number of hydrogen-bond acceptors (Lipinski definition) is 1. The van der Waals surface area contributed by atoms with E-state index in [0.29, 0.717) is 0 Å². The molecular weight excluding hydrogens is 333 g/mol. The monoisotopic (exact) mass is 351 g/mol. The van der Waals surface area contributed by atoms with Gasteiger partial charge in [-0.3, -0.25) is 0 Å². The fourth-order valence-electron chi connectivity index (χ4n) is 2.16. The van der Waals surface area contributed by atoms with Crippen LogP contribution in [0.2, 0.25) is 0 Å². The quantitative estimate of drug-likeness (QED) is 0.816. The van der Waals surface area contributed by atoms with Gasteiger partial charge in [0.2, 0.25) is 0 Å². The molecule has 1 atom stereocenters. The highest BCUT2D eigenvalue weighted by Crippen LogP contribution is 2.23. The molecule has 0 amide bonds. The van der Waals surface area contributed by atoms with Crippen molar-refractivity contribution in [1.29, 1.82) is 0 Å². The van der Waals surface area contributed by atoms with E-state index >= 15 is 0 Å². The lowest BCUT2D eigenvalue weighted by molar-refractivity contribution is 0.691. The Morgan fingerprint density at radius 2 is 1.78 bits per heavy atom. The highest BCUT2D eigenvalue weighted by molar-refractivity contribution is 14.1. The van der Waals surface area contributed by atoms with Gasteiger partial charge in [-0.25, -0.2) is 0 Å². The zero-order valence-electron chi connectivity index (χ0n) is 10.8. The van der Waals surface area contributed by atoms with Crippen molar-refractivity contribution in [3.63, 3.8) is 0 Å². The summed E-state index contributed by atoms with van der Waals surface area (Å²) in [6.07, 6.45) is 1.09. The zero-order valence-corrected chi connectivity index (χ0v) is 12.9. The lowest BCUT2D eigenvalue weighted by Gasteiger charge is -2.18. The highest BCUT2D eigenvalue weighted by Gasteiger charge is 2.11. The number of rotatable bonds is 4. The van der Waals surface area contributed by atoms with Crippen LogP contribution in [-0.2, 0) is 6.42 Å². The molecule has 0 bridgehead atoms. The first-order chi connectivity index (χ1) is 8.74. The highest BCUT2D eigenvalue weighted by atomic mass is 127. The smallest absolute Gasteiger partial charge is 0.0574 e. The van der Waals surface area contributed by atoms with Crippen molar-refractivity contribution in [3.8, 4) is 0 Å². The maximum absolute atomic E-state index is 3.40. The molecule has 2 aromatic rings. The van der Waals surface area contributed by atoms with E-state index in [0.717, 1.165) is 6.42 Å². The maximum atomic E-state index is 3.40. The molecule has 1 N–H and O–H groups in total. The molecule has 0 aliphatic heterocycles. The van der Waals surface area contributed by atoms with Gasteiger partial charge in [-0.05, 0) is 64.9 Å². The summed E-state index contributed by atoms with van der Waals surface area (Å²) in [6.45, 7) is 2.18. The van der Waals surface area contributed by atoms with Crippen LogP contribution >= 0.6 is 22.6 Å². The Hall–Kier alpha value is -0.870. The predicted molar refractivity (Wildman–Crippen MR) is 85.9 cm³/mol. The molecule has 0 aromatic heterocycles. The van der Waals surface area contributed by atoms with Gasteiger partial charge in [0.15, 0.2) is 0 Å². The van der Waals surface area contributed by atoms with E-state index in [-0.39, 0.29) is 6.04 Å². The van der Waals surface area contributed by atoms with E-state index in [1.165, 1.54) is 20.3 Å². The summed E-state index contributed by atoms with van der Waals surface area (Å²) >= 11 is 2.36. The maximum Gasteiger partial charge on any atom is 0.0574 e. The molecule has 2 heteroatoms. The van der Waals surface area contributed by atoms with Crippen LogP contribution in [0.15, 0.2) is 48.5 Å². The summed E-state index contributed by atoms with van der Waals surface area (Å²) in [4.78, 5) is 0. The molecule has 0 heterocycles. The summed E-state index contributed by atoms with van der Waals surface area (Å²) in [6, 6.07) is 17.8. The molecule has 18 heavy (non-hydrogen) atoms. The zero-order chi connectivity index (χ0) is 13.0. The van der Waals surface area contributed by atoms with Gasteiger partial charge in [0.25, 0.3) is 0 Å². The van der Waals surface area contributed by atoms with Crippen LogP contribution in [0.1, 0.15) is 29.7 Å². The molecule has 0 aliphatic rings. The van der Waals surface area contributed by atoms with Crippen LogP contribution in [-0.4, -0.2) is 7.05 Å². The lowest BCUT2D eigenvalue weighted by Crippen LogP contribution is -2.17. The van der Waals surface area contributed by atoms with Gasteiger partial charge in [-0.2, -0.15) is 0 Å². The molecule has 0 radical (unpaired) electrons. The SMILES string of the molecule is CCc1ccc(C(NC)c2cccc(I)c2)cc1. The van der Waals surface area contributed by atoms with Gasteiger partial charge in [-0.15, -0.1) is 0 Å². The average molecular weight is 351 g/mol. The second-order valence-corrected chi connectivity index (χ2v) is 5.62. The molecule has 1 unspecified atom stereocenters. The first kappa shape index (κ1) is 13.6. The minimum absolute atomic E-state index is 0.269. The molecular formula is C16H18IN. The number of halogens is 1. The van der Waals surface area contributed by atoms with E-state index in [9.17, 15) is 0 Å². The van der Waals surface area contributed by atoms with E-state index in [1.807, 2.05) is 7.05 Å².